The molecule has 1 unspecified atom stereocenters. The summed E-state index contributed by atoms with van der Waals surface area (Å²) < 4.78 is 0. The van der Waals surface area contributed by atoms with Crippen LogP contribution in [-0.2, 0) is 12.8 Å². The fourth-order valence-electron chi connectivity index (χ4n) is 2.21. The first-order valence-corrected chi connectivity index (χ1v) is 6.73. The van der Waals surface area contributed by atoms with Crippen LogP contribution in [0.1, 0.15) is 41.2 Å². The van der Waals surface area contributed by atoms with E-state index in [-0.39, 0.29) is 6.04 Å². The number of hydrogen-bond donors (Lipinski definition) is 1. The largest absolute Gasteiger partial charge is 0.324 e. The van der Waals surface area contributed by atoms with E-state index in [0.717, 1.165) is 35.5 Å². The Labute approximate surface area is 114 Å². The van der Waals surface area contributed by atoms with Crippen molar-refractivity contribution >= 4 is 0 Å². The molecular formula is C16H21N3. The highest BCUT2D eigenvalue weighted by molar-refractivity contribution is 5.25. The summed E-state index contributed by atoms with van der Waals surface area (Å²) in [6.07, 6.45) is 3.71. The highest BCUT2D eigenvalue weighted by Gasteiger charge is 2.09. The van der Waals surface area contributed by atoms with Gasteiger partial charge in [0.25, 0.3) is 0 Å². The van der Waals surface area contributed by atoms with Gasteiger partial charge in [-0.2, -0.15) is 0 Å². The van der Waals surface area contributed by atoms with E-state index in [1.165, 1.54) is 5.56 Å². The van der Waals surface area contributed by atoms with Crippen molar-refractivity contribution in [3.05, 3.63) is 58.7 Å². The molecule has 0 fully saturated rings. The summed E-state index contributed by atoms with van der Waals surface area (Å²) in [6.45, 7) is 6.12. The van der Waals surface area contributed by atoms with E-state index in [9.17, 15) is 0 Å². The molecule has 19 heavy (non-hydrogen) atoms. The Kier molecular flexibility index (Phi) is 4.27. The van der Waals surface area contributed by atoms with Crippen molar-refractivity contribution in [3.63, 3.8) is 0 Å². The standard InChI is InChI=1S/C16H21N3/c1-4-13-5-6-15(18-10-13)9-16(17)14-7-11(2)19-12(3)8-14/h5-8,10,16H,4,9,17H2,1-3H3. The fraction of sp³-hybridized carbons (Fsp3) is 0.375. The first-order chi connectivity index (χ1) is 9.08. The van der Waals surface area contributed by atoms with Crippen LogP contribution in [0.3, 0.4) is 0 Å². The Morgan fingerprint density at radius 2 is 1.84 bits per heavy atom. The lowest BCUT2D eigenvalue weighted by molar-refractivity contribution is 0.702. The van der Waals surface area contributed by atoms with Crippen LogP contribution in [0, 0.1) is 13.8 Å². The average Bonchev–Trinajstić information content (AvgIpc) is 2.38. The lowest BCUT2D eigenvalue weighted by Gasteiger charge is -2.13. The molecule has 1 atom stereocenters. The van der Waals surface area contributed by atoms with Crippen LogP contribution in [0.5, 0.6) is 0 Å². The molecule has 0 radical (unpaired) electrons. The van der Waals surface area contributed by atoms with Crippen LogP contribution in [0.25, 0.3) is 0 Å². The van der Waals surface area contributed by atoms with Crippen molar-refractivity contribution < 1.29 is 0 Å². The van der Waals surface area contributed by atoms with Crippen molar-refractivity contribution in [2.45, 2.75) is 39.7 Å². The smallest absolute Gasteiger partial charge is 0.0422 e. The molecule has 2 aromatic rings. The molecule has 2 rings (SSSR count). The fourth-order valence-corrected chi connectivity index (χ4v) is 2.21. The Bertz CT molecular complexity index is 526. The van der Waals surface area contributed by atoms with Gasteiger partial charge < -0.3 is 5.73 Å². The van der Waals surface area contributed by atoms with Gasteiger partial charge in [-0.3, -0.25) is 9.97 Å². The number of aryl methyl sites for hydroxylation is 3. The molecule has 2 aromatic heterocycles. The maximum Gasteiger partial charge on any atom is 0.0422 e. The third kappa shape index (κ3) is 3.61. The van der Waals surface area contributed by atoms with Crippen molar-refractivity contribution in [1.29, 1.82) is 0 Å². The molecular weight excluding hydrogens is 234 g/mol. The molecule has 3 heteroatoms. The molecule has 0 aromatic carbocycles. The Balaban J connectivity index is 2.13. The minimum Gasteiger partial charge on any atom is -0.324 e. The molecule has 0 spiro atoms. The van der Waals surface area contributed by atoms with E-state index < -0.39 is 0 Å². The van der Waals surface area contributed by atoms with Crippen molar-refractivity contribution in [3.8, 4) is 0 Å². The van der Waals surface area contributed by atoms with E-state index in [2.05, 4.69) is 41.2 Å². The summed E-state index contributed by atoms with van der Waals surface area (Å²) in [5.74, 6) is 0. The predicted molar refractivity (Wildman–Crippen MR) is 78.0 cm³/mol. The number of aromatic nitrogens is 2. The van der Waals surface area contributed by atoms with Gasteiger partial charge in [0.05, 0.1) is 0 Å². The average molecular weight is 255 g/mol. The molecule has 0 amide bonds. The Hall–Kier alpha value is -1.74. The van der Waals surface area contributed by atoms with E-state index in [0.29, 0.717) is 0 Å². The van der Waals surface area contributed by atoms with Crippen LogP contribution in [0.4, 0.5) is 0 Å². The minimum atomic E-state index is -0.0274. The van der Waals surface area contributed by atoms with Gasteiger partial charge in [0.1, 0.15) is 0 Å². The van der Waals surface area contributed by atoms with Crippen LogP contribution in [0.2, 0.25) is 0 Å². The number of pyridine rings is 2. The van der Waals surface area contributed by atoms with Gasteiger partial charge in [0.15, 0.2) is 0 Å². The quantitative estimate of drug-likeness (QED) is 0.914. The second kappa shape index (κ2) is 5.93. The molecule has 0 saturated carbocycles. The monoisotopic (exact) mass is 255 g/mol. The molecule has 0 bridgehead atoms. The lowest BCUT2D eigenvalue weighted by Crippen LogP contribution is -2.15. The topological polar surface area (TPSA) is 51.8 Å². The summed E-state index contributed by atoms with van der Waals surface area (Å²) in [7, 11) is 0. The maximum atomic E-state index is 6.27. The van der Waals surface area contributed by atoms with Crippen LogP contribution >= 0.6 is 0 Å². The number of nitrogens with zero attached hydrogens (tertiary/aromatic N) is 2. The summed E-state index contributed by atoms with van der Waals surface area (Å²) in [5, 5.41) is 0. The zero-order valence-corrected chi connectivity index (χ0v) is 11.9. The summed E-state index contributed by atoms with van der Waals surface area (Å²) in [6, 6.07) is 8.27. The van der Waals surface area contributed by atoms with E-state index in [1.807, 2.05) is 20.0 Å². The van der Waals surface area contributed by atoms with Crippen LogP contribution < -0.4 is 5.73 Å². The highest BCUT2D eigenvalue weighted by atomic mass is 14.7. The number of hydrogen-bond acceptors (Lipinski definition) is 3. The Morgan fingerprint density at radius 1 is 1.16 bits per heavy atom. The van der Waals surface area contributed by atoms with Gasteiger partial charge in [-0.05, 0) is 49.6 Å². The molecule has 2 heterocycles. The van der Waals surface area contributed by atoms with E-state index in [4.69, 9.17) is 5.73 Å². The van der Waals surface area contributed by atoms with Gasteiger partial charge >= 0.3 is 0 Å². The van der Waals surface area contributed by atoms with Crippen molar-refractivity contribution in [1.82, 2.24) is 9.97 Å². The molecule has 0 aliphatic carbocycles. The predicted octanol–water partition coefficient (Wildman–Crippen LogP) is 2.90. The first-order valence-electron chi connectivity index (χ1n) is 6.73. The second-order valence-electron chi connectivity index (χ2n) is 5.01. The van der Waals surface area contributed by atoms with Gasteiger partial charge in [0.2, 0.25) is 0 Å². The molecule has 2 N–H and O–H groups in total. The Morgan fingerprint density at radius 3 is 2.37 bits per heavy atom. The summed E-state index contributed by atoms with van der Waals surface area (Å²) >= 11 is 0. The zero-order valence-electron chi connectivity index (χ0n) is 11.9. The highest BCUT2D eigenvalue weighted by Crippen LogP contribution is 2.17. The molecule has 3 nitrogen and oxygen atoms in total. The van der Waals surface area contributed by atoms with Gasteiger partial charge in [-0.15, -0.1) is 0 Å². The van der Waals surface area contributed by atoms with E-state index in [1.54, 1.807) is 0 Å². The second-order valence-corrected chi connectivity index (χ2v) is 5.01. The van der Waals surface area contributed by atoms with Crippen LogP contribution in [0.15, 0.2) is 30.5 Å². The molecule has 0 saturated heterocycles. The third-order valence-corrected chi connectivity index (χ3v) is 3.26. The van der Waals surface area contributed by atoms with Crippen LogP contribution in [-0.4, -0.2) is 9.97 Å². The first kappa shape index (κ1) is 13.7. The van der Waals surface area contributed by atoms with E-state index >= 15 is 0 Å². The summed E-state index contributed by atoms with van der Waals surface area (Å²) in [4.78, 5) is 8.84. The maximum absolute atomic E-state index is 6.27. The lowest BCUT2D eigenvalue weighted by atomic mass is 10.0. The number of rotatable bonds is 4. The third-order valence-electron chi connectivity index (χ3n) is 3.26. The van der Waals surface area contributed by atoms with Crippen molar-refractivity contribution in [2.24, 2.45) is 5.73 Å². The minimum absolute atomic E-state index is 0.0274. The zero-order chi connectivity index (χ0) is 13.8. The van der Waals surface area contributed by atoms with Gasteiger partial charge in [-0.25, -0.2) is 0 Å². The molecule has 0 aliphatic heterocycles. The van der Waals surface area contributed by atoms with Gasteiger partial charge in [-0.1, -0.05) is 13.0 Å². The SMILES string of the molecule is CCc1ccc(CC(N)c2cc(C)nc(C)c2)nc1. The number of nitrogens with two attached hydrogens (primary N) is 1. The van der Waals surface area contributed by atoms with Gasteiger partial charge in [0, 0.05) is 35.7 Å². The molecule has 0 aliphatic rings. The normalized spacial score (nSPS) is 12.4. The van der Waals surface area contributed by atoms with Crippen molar-refractivity contribution in [2.75, 3.05) is 0 Å². The molecule has 100 valence electrons. The summed E-state index contributed by atoms with van der Waals surface area (Å²) in [5.41, 5.74) is 11.7.